The van der Waals surface area contributed by atoms with Crippen molar-refractivity contribution in [1.29, 1.82) is 0 Å². The fourth-order valence-electron chi connectivity index (χ4n) is 1.85. The van der Waals surface area contributed by atoms with Gasteiger partial charge in [-0.05, 0) is 11.5 Å². The molecule has 0 aromatic carbocycles. The number of nitrogens with zero attached hydrogens (tertiary/aromatic N) is 1. The van der Waals surface area contributed by atoms with Gasteiger partial charge >= 0.3 is 5.97 Å². The van der Waals surface area contributed by atoms with Crippen LogP contribution in [0.4, 0.5) is 0 Å². The van der Waals surface area contributed by atoms with E-state index in [1.54, 1.807) is 18.3 Å². The molecule has 0 saturated carbocycles. The maximum atomic E-state index is 11.8. The first-order chi connectivity index (χ1) is 9.96. The Morgan fingerprint density at radius 1 is 1.29 bits per heavy atom. The van der Waals surface area contributed by atoms with Crippen LogP contribution in [-0.4, -0.2) is 37.1 Å². The summed E-state index contributed by atoms with van der Waals surface area (Å²) in [5.74, 6) is 0.0907. The zero-order valence-electron chi connectivity index (χ0n) is 12.9. The van der Waals surface area contributed by atoms with Crippen LogP contribution < -0.4 is 10.1 Å². The van der Waals surface area contributed by atoms with Gasteiger partial charge in [-0.15, -0.1) is 0 Å². The summed E-state index contributed by atoms with van der Waals surface area (Å²) in [6.45, 7) is 3.89. The van der Waals surface area contributed by atoms with Gasteiger partial charge < -0.3 is 14.8 Å². The van der Waals surface area contributed by atoms with Gasteiger partial charge in [-0.25, -0.2) is 9.78 Å². The Hall–Kier alpha value is -2.11. The molecule has 0 aliphatic carbocycles. The van der Waals surface area contributed by atoms with Crippen LogP contribution in [0.15, 0.2) is 18.3 Å². The minimum Gasteiger partial charge on any atom is -0.481 e. The average Bonchev–Trinajstić information content (AvgIpc) is 2.45. The van der Waals surface area contributed by atoms with Crippen LogP contribution in [0.3, 0.4) is 0 Å². The summed E-state index contributed by atoms with van der Waals surface area (Å²) in [6.07, 6.45) is 2.31. The number of hydrogen-bond acceptors (Lipinski definition) is 5. The largest absolute Gasteiger partial charge is 0.481 e. The van der Waals surface area contributed by atoms with Crippen molar-refractivity contribution in [2.75, 3.05) is 14.2 Å². The molecule has 0 spiro atoms. The predicted molar refractivity (Wildman–Crippen MR) is 77.9 cm³/mol. The molecule has 0 fully saturated rings. The molecule has 0 unspecified atom stereocenters. The van der Waals surface area contributed by atoms with Crippen LogP contribution in [0.25, 0.3) is 0 Å². The smallest absolute Gasteiger partial charge is 0.328 e. The highest BCUT2D eigenvalue weighted by Crippen LogP contribution is 2.10. The maximum absolute atomic E-state index is 11.8. The Morgan fingerprint density at radius 2 is 2.00 bits per heavy atom. The molecule has 1 heterocycles. The monoisotopic (exact) mass is 294 g/mol. The number of amides is 1. The SMILES string of the molecule is COC(=O)[C@H](Cc1ccc(OC)nc1)NC(=O)CC(C)C. The van der Waals surface area contributed by atoms with E-state index >= 15 is 0 Å². The Balaban J connectivity index is 2.73. The lowest BCUT2D eigenvalue weighted by Gasteiger charge is -2.17. The Bertz CT molecular complexity index is 471. The standard InChI is InChI=1S/C15H22N2O4/c1-10(2)7-13(18)17-12(15(19)21-4)8-11-5-6-14(20-3)16-9-11/h5-6,9-10,12H,7-8H2,1-4H3,(H,17,18)/t12-/m0/s1. The van der Waals surface area contributed by atoms with Crippen molar-refractivity contribution in [3.63, 3.8) is 0 Å². The zero-order valence-corrected chi connectivity index (χ0v) is 12.9. The van der Waals surface area contributed by atoms with Crippen LogP contribution in [0.5, 0.6) is 5.88 Å². The van der Waals surface area contributed by atoms with Gasteiger partial charge in [0.05, 0.1) is 14.2 Å². The second kappa shape index (κ2) is 8.24. The molecule has 0 radical (unpaired) electrons. The third kappa shape index (κ3) is 5.81. The second-order valence-corrected chi connectivity index (χ2v) is 5.15. The highest BCUT2D eigenvalue weighted by molar-refractivity contribution is 5.84. The number of rotatable bonds is 7. The predicted octanol–water partition coefficient (Wildman–Crippen LogP) is 1.34. The molecule has 116 valence electrons. The summed E-state index contributed by atoms with van der Waals surface area (Å²) < 4.78 is 9.72. The molecule has 0 saturated heterocycles. The number of carbonyl (C=O) groups excluding carboxylic acids is 2. The first kappa shape index (κ1) is 16.9. The first-order valence-corrected chi connectivity index (χ1v) is 6.82. The lowest BCUT2D eigenvalue weighted by Crippen LogP contribution is -2.43. The highest BCUT2D eigenvalue weighted by atomic mass is 16.5. The van der Waals surface area contributed by atoms with Crippen LogP contribution in [-0.2, 0) is 20.7 Å². The van der Waals surface area contributed by atoms with Crippen molar-refractivity contribution in [1.82, 2.24) is 10.3 Å². The minimum atomic E-state index is -0.712. The summed E-state index contributed by atoms with van der Waals surface area (Å²) in [5.41, 5.74) is 0.816. The van der Waals surface area contributed by atoms with Crippen LogP contribution >= 0.6 is 0 Å². The normalized spacial score (nSPS) is 11.9. The summed E-state index contributed by atoms with van der Waals surface area (Å²) in [7, 11) is 2.83. The first-order valence-electron chi connectivity index (χ1n) is 6.82. The molecule has 1 aromatic rings. The number of methoxy groups -OCH3 is 2. The fourth-order valence-corrected chi connectivity index (χ4v) is 1.85. The van der Waals surface area contributed by atoms with Gasteiger partial charge in [0.2, 0.25) is 11.8 Å². The summed E-state index contributed by atoms with van der Waals surface area (Å²) in [4.78, 5) is 27.7. The number of pyridine rings is 1. The van der Waals surface area contributed by atoms with Crippen molar-refractivity contribution in [3.05, 3.63) is 23.9 Å². The number of nitrogens with one attached hydrogen (secondary N) is 1. The molecule has 6 heteroatoms. The lowest BCUT2D eigenvalue weighted by atomic mass is 10.1. The average molecular weight is 294 g/mol. The Labute approximate surface area is 124 Å². The van der Waals surface area contributed by atoms with Gasteiger partial charge in [0.15, 0.2) is 0 Å². The number of esters is 1. The molecule has 6 nitrogen and oxygen atoms in total. The second-order valence-electron chi connectivity index (χ2n) is 5.15. The lowest BCUT2D eigenvalue weighted by molar-refractivity contribution is -0.145. The van der Waals surface area contributed by atoms with Crippen LogP contribution in [0.1, 0.15) is 25.8 Å². The third-order valence-corrected chi connectivity index (χ3v) is 2.86. The van der Waals surface area contributed by atoms with E-state index in [1.165, 1.54) is 14.2 Å². The van der Waals surface area contributed by atoms with Crippen LogP contribution in [0.2, 0.25) is 0 Å². The molecule has 1 amide bonds. The minimum absolute atomic E-state index is 0.165. The summed E-state index contributed by atoms with van der Waals surface area (Å²) in [5, 5.41) is 2.70. The van der Waals surface area contributed by atoms with Crippen molar-refractivity contribution < 1.29 is 19.1 Å². The van der Waals surface area contributed by atoms with Gasteiger partial charge in [0.1, 0.15) is 6.04 Å². The number of carbonyl (C=O) groups is 2. The van der Waals surface area contributed by atoms with E-state index in [2.05, 4.69) is 10.3 Å². The molecule has 1 atom stereocenters. The molecular weight excluding hydrogens is 272 g/mol. The van der Waals surface area contributed by atoms with Gasteiger partial charge in [0.25, 0.3) is 0 Å². The molecule has 1 N–H and O–H groups in total. The maximum Gasteiger partial charge on any atom is 0.328 e. The van der Waals surface area contributed by atoms with Gasteiger partial charge in [-0.3, -0.25) is 4.79 Å². The van der Waals surface area contributed by atoms with E-state index in [0.29, 0.717) is 18.7 Å². The van der Waals surface area contributed by atoms with E-state index in [4.69, 9.17) is 9.47 Å². The molecule has 1 rings (SSSR count). The summed E-state index contributed by atoms with van der Waals surface area (Å²) >= 11 is 0. The number of ether oxygens (including phenoxy) is 2. The Kier molecular flexibility index (Phi) is 6.65. The van der Waals surface area contributed by atoms with Crippen LogP contribution in [0, 0.1) is 5.92 Å². The highest BCUT2D eigenvalue weighted by Gasteiger charge is 2.22. The van der Waals surface area contributed by atoms with E-state index < -0.39 is 12.0 Å². The Morgan fingerprint density at radius 3 is 2.48 bits per heavy atom. The van der Waals surface area contributed by atoms with Gasteiger partial charge in [0, 0.05) is 25.1 Å². The van der Waals surface area contributed by atoms with E-state index in [1.807, 2.05) is 13.8 Å². The van der Waals surface area contributed by atoms with E-state index in [9.17, 15) is 9.59 Å². The van der Waals surface area contributed by atoms with Gasteiger partial charge in [-0.1, -0.05) is 19.9 Å². The summed E-state index contributed by atoms with van der Waals surface area (Å²) in [6, 6.07) is 2.80. The van der Waals surface area contributed by atoms with Crippen molar-refractivity contribution in [2.45, 2.75) is 32.7 Å². The van der Waals surface area contributed by atoms with Crippen molar-refractivity contribution in [2.24, 2.45) is 5.92 Å². The quantitative estimate of drug-likeness (QED) is 0.768. The molecule has 1 aromatic heterocycles. The van der Waals surface area contributed by atoms with Crippen molar-refractivity contribution >= 4 is 11.9 Å². The van der Waals surface area contributed by atoms with Crippen molar-refractivity contribution in [3.8, 4) is 5.88 Å². The fraction of sp³-hybridized carbons (Fsp3) is 0.533. The zero-order chi connectivity index (χ0) is 15.8. The molecule has 0 bridgehead atoms. The molecule has 0 aliphatic rings. The topological polar surface area (TPSA) is 77.5 Å². The van der Waals surface area contributed by atoms with E-state index in [-0.39, 0.29) is 11.8 Å². The molecular formula is C15H22N2O4. The number of aromatic nitrogens is 1. The number of hydrogen-bond donors (Lipinski definition) is 1. The molecule has 21 heavy (non-hydrogen) atoms. The molecule has 0 aliphatic heterocycles. The van der Waals surface area contributed by atoms with Gasteiger partial charge in [-0.2, -0.15) is 0 Å². The van der Waals surface area contributed by atoms with E-state index in [0.717, 1.165) is 5.56 Å². The third-order valence-electron chi connectivity index (χ3n) is 2.86.